The molecule has 0 spiro atoms. The third kappa shape index (κ3) is 23.5. The van der Waals surface area contributed by atoms with Gasteiger partial charge in [0.2, 0.25) is 0 Å². The van der Waals surface area contributed by atoms with E-state index in [1.807, 2.05) is 42.5 Å². The van der Waals surface area contributed by atoms with Crippen LogP contribution in [-0.4, -0.2) is 98.3 Å². The molecule has 1 aliphatic carbocycles. The minimum Gasteiger partial charge on any atom is -0.462 e. The van der Waals surface area contributed by atoms with Crippen molar-refractivity contribution in [2.45, 2.75) is 166 Å². The van der Waals surface area contributed by atoms with E-state index in [4.69, 9.17) is 18.5 Å². The van der Waals surface area contributed by atoms with E-state index in [0.717, 1.165) is 64.2 Å². The molecule has 1 saturated carbocycles. The van der Waals surface area contributed by atoms with Gasteiger partial charge >= 0.3 is 19.8 Å². The monoisotopic (exact) mass is 786 g/mol. The molecular formula is C40H67O13P. The Labute approximate surface area is 322 Å². The lowest BCUT2D eigenvalue weighted by atomic mass is 9.85. The van der Waals surface area contributed by atoms with Crippen molar-refractivity contribution in [3.05, 3.63) is 60.8 Å². The number of allylic oxidation sites excluding steroid dienone is 10. The van der Waals surface area contributed by atoms with E-state index < -0.39 is 75.7 Å². The van der Waals surface area contributed by atoms with Crippen LogP contribution in [0.25, 0.3) is 0 Å². The fraction of sp³-hybridized carbons (Fsp3) is 0.700. The van der Waals surface area contributed by atoms with Crippen LogP contribution < -0.4 is 0 Å². The molecule has 7 unspecified atom stereocenters. The van der Waals surface area contributed by atoms with Crippen molar-refractivity contribution in [1.82, 2.24) is 0 Å². The molecule has 0 aliphatic heterocycles. The Hall–Kier alpha value is -2.45. The molecule has 0 bridgehead atoms. The number of phosphoric ester groups is 1. The highest BCUT2D eigenvalue weighted by molar-refractivity contribution is 7.47. The number of carbonyl (C=O) groups excluding carboxylic acids is 2. The van der Waals surface area contributed by atoms with Gasteiger partial charge in [-0.3, -0.25) is 18.6 Å². The molecule has 0 heterocycles. The Morgan fingerprint density at radius 2 is 1.07 bits per heavy atom. The fourth-order valence-electron chi connectivity index (χ4n) is 5.47. The molecule has 54 heavy (non-hydrogen) atoms. The van der Waals surface area contributed by atoms with Gasteiger partial charge in [0.05, 0.1) is 6.61 Å². The van der Waals surface area contributed by atoms with Crippen molar-refractivity contribution in [2.75, 3.05) is 13.2 Å². The van der Waals surface area contributed by atoms with Crippen LogP contribution in [0.2, 0.25) is 0 Å². The Morgan fingerprint density at radius 3 is 1.69 bits per heavy atom. The van der Waals surface area contributed by atoms with Crippen molar-refractivity contribution in [3.8, 4) is 0 Å². The van der Waals surface area contributed by atoms with E-state index in [9.17, 15) is 44.6 Å². The number of aliphatic hydroxyl groups is 5. The maximum absolute atomic E-state index is 12.7. The Balaban J connectivity index is 2.59. The first kappa shape index (κ1) is 49.6. The van der Waals surface area contributed by atoms with Gasteiger partial charge in [-0.1, -0.05) is 113 Å². The zero-order valence-electron chi connectivity index (χ0n) is 32.2. The standard InChI is InChI=1S/C40H67O13P/c1-3-5-7-9-11-13-15-17-19-21-23-25-27-29-34(42)52-32(30-50-33(41)28-26-24-22-20-18-16-14-12-10-8-6-4-2)31-51-54(48,49)53-40-38(46)36(44)35(43)37(45)39(40)47/h5,7,9,11-15,17,19,32,35-40,43-47H,3-4,6,8,10,16,18,20-31H2,1-2H3,(H,48,49)/b7-5+,11-9+,14-12+,15-13+,19-17+/t32?,35?,36-,37?,38?,39?,40?/m1/s1. The van der Waals surface area contributed by atoms with Gasteiger partial charge in [-0.15, -0.1) is 0 Å². The SMILES string of the molecule is CC/C=C/C=C/C=C/C=C/CCCCCC(=O)OC(COC(=O)CCCCCCC/C=C/CCCCC)COP(=O)(O)OC1C(O)C(O)C(O)[C@@H](O)C1O. The van der Waals surface area contributed by atoms with E-state index in [0.29, 0.717) is 12.8 Å². The highest BCUT2D eigenvalue weighted by Crippen LogP contribution is 2.47. The fourth-order valence-corrected chi connectivity index (χ4v) is 6.44. The van der Waals surface area contributed by atoms with E-state index in [1.54, 1.807) is 0 Å². The van der Waals surface area contributed by atoms with Crippen molar-refractivity contribution in [3.63, 3.8) is 0 Å². The summed E-state index contributed by atoms with van der Waals surface area (Å²) in [6, 6.07) is 0. The van der Waals surface area contributed by atoms with Crippen molar-refractivity contribution < 1.29 is 63.1 Å². The van der Waals surface area contributed by atoms with E-state index in [2.05, 4.69) is 32.1 Å². The van der Waals surface area contributed by atoms with Gasteiger partial charge in [0.25, 0.3) is 0 Å². The lowest BCUT2D eigenvalue weighted by Crippen LogP contribution is -2.64. The number of esters is 2. The van der Waals surface area contributed by atoms with Crippen LogP contribution in [0.4, 0.5) is 0 Å². The summed E-state index contributed by atoms with van der Waals surface area (Å²) in [6.45, 7) is 3.04. The van der Waals surface area contributed by atoms with Gasteiger partial charge in [-0.05, 0) is 57.8 Å². The molecule has 1 aliphatic rings. The lowest BCUT2D eigenvalue weighted by molar-refractivity contribution is -0.220. The van der Waals surface area contributed by atoms with Crippen LogP contribution in [0.1, 0.15) is 123 Å². The quantitative estimate of drug-likeness (QED) is 0.0157. The first-order valence-corrected chi connectivity index (χ1v) is 21.1. The van der Waals surface area contributed by atoms with Gasteiger partial charge in [0.15, 0.2) is 6.10 Å². The molecule has 0 aromatic carbocycles. The second-order valence-corrected chi connectivity index (χ2v) is 14.9. The van der Waals surface area contributed by atoms with Crippen LogP contribution in [0.5, 0.6) is 0 Å². The zero-order valence-corrected chi connectivity index (χ0v) is 33.1. The van der Waals surface area contributed by atoms with Gasteiger partial charge in [-0.2, -0.15) is 0 Å². The first-order chi connectivity index (χ1) is 25.9. The molecule has 0 saturated heterocycles. The summed E-state index contributed by atoms with van der Waals surface area (Å²) >= 11 is 0. The summed E-state index contributed by atoms with van der Waals surface area (Å²) < 4.78 is 33.3. The van der Waals surface area contributed by atoms with Crippen molar-refractivity contribution >= 4 is 19.8 Å². The summed E-state index contributed by atoms with van der Waals surface area (Å²) in [7, 11) is -5.12. The van der Waals surface area contributed by atoms with Gasteiger partial charge in [-0.25, -0.2) is 4.57 Å². The number of carbonyl (C=O) groups is 2. The molecule has 13 nitrogen and oxygen atoms in total. The lowest BCUT2D eigenvalue weighted by Gasteiger charge is -2.41. The third-order valence-corrected chi connectivity index (χ3v) is 9.67. The number of unbranched alkanes of at least 4 members (excludes halogenated alkanes) is 11. The minimum atomic E-state index is -5.12. The molecule has 310 valence electrons. The van der Waals surface area contributed by atoms with E-state index >= 15 is 0 Å². The molecule has 8 atom stereocenters. The summed E-state index contributed by atoms with van der Waals surface area (Å²) in [6.07, 6.45) is 21.6. The Bertz CT molecular complexity index is 1180. The molecule has 0 aromatic heterocycles. The maximum Gasteiger partial charge on any atom is 0.472 e. The number of hydrogen-bond donors (Lipinski definition) is 6. The smallest absolute Gasteiger partial charge is 0.462 e. The molecule has 0 amide bonds. The zero-order chi connectivity index (χ0) is 40.0. The van der Waals surface area contributed by atoms with Crippen LogP contribution in [0.3, 0.4) is 0 Å². The average molecular weight is 787 g/mol. The molecule has 0 aromatic rings. The summed E-state index contributed by atoms with van der Waals surface area (Å²) in [5.41, 5.74) is 0. The van der Waals surface area contributed by atoms with E-state index in [-0.39, 0.29) is 12.8 Å². The maximum atomic E-state index is 12.7. The molecule has 14 heteroatoms. The molecule has 1 rings (SSSR count). The van der Waals surface area contributed by atoms with Crippen molar-refractivity contribution in [1.29, 1.82) is 0 Å². The van der Waals surface area contributed by atoms with Gasteiger partial charge < -0.3 is 39.9 Å². The highest BCUT2D eigenvalue weighted by Gasteiger charge is 2.51. The topological polar surface area (TPSA) is 210 Å². The molecule has 6 N–H and O–H groups in total. The Kier molecular flexibility index (Phi) is 28.2. The average Bonchev–Trinajstić information content (AvgIpc) is 3.15. The second kappa shape index (κ2) is 30.7. The molecular weight excluding hydrogens is 719 g/mol. The number of hydrogen-bond acceptors (Lipinski definition) is 12. The van der Waals surface area contributed by atoms with Crippen molar-refractivity contribution in [2.24, 2.45) is 0 Å². The van der Waals surface area contributed by atoms with Crippen LogP contribution >= 0.6 is 7.82 Å². The second-order valence-electron chi connectivity index (χ2n) is 13.5. The first-order valence-electron chi connectivity index (χ1n) is 19.6. The van der Waals surface area contributed by atoms with Gasteiger partial charge in [0.1, 0.15) is 43.2 Å². The largest absolute Gasteiger partial charge is 0.472 e. The molecule has 0 radical (unpaired) electrons. The van der Waals surface area contributed by atoms with Crippen LogP contribution in [0, 0.1) is 0 Å². The highest BCUT2D eigenvalue weighted by atomic mass is 31.2. The van der Waals surface area contributed by atoms with E-state index in [1.165, 1.54) is 19.3 Å². The van der Waals surface area contributed by atoms with Crippen LogP contribution in [-0.2, 0) is 32.7 Å². The summed E-state index contributed by atoms with van der Waals surface area (Å²) in [5, 5.41) is 49.9. The summed E-state index contributed by atoms with van der Waals surface area (Å²) in [5.74, 6) is -1.17. The van der Waals surface area contributed by atoms with Crippen LogP contribution in [0.15, 0.2) is 60.8 Å². The third-order valence-electron chi connectivity index (χ3n) is 8.69. The predicted molar refractivity (Wildman–Crippen MR) is 207 cm³/mol. The number of ether oxygens (including phenoxy) is 2. The Morgan fingerprint density at radius 1 is 0.593 bits per heavy atom. The predicted octanol–water partition coefficient (Wildman–Crippen LogP) is 6.21. The number of phosphoric acid groups is 1. The van der Waals surface area contributed by atoms with Gasteiger partial charge in [0, 0.05) is 12.8 Å². The number of rotatable bonds is 30. The minimum absolute atomic E-state index is 0.0463. The normalized spacial score (nSPS) is 23.9. The number of aliphatic hydroxyl groups excluding tert-OH is 5. The molecule has 1 fully saturated rings. The summed E-state index contributed by atoms with van der Waals surface area (Å²) in [4.78, 5) is 35.4.